The molecule has 24 heavy (non-hydrogen) atoms. The highest BCUT2D eigenvalue weighted by Crippen LogP contribution is 2.28. The van der Waals surface area contributed by atoms with Crippen LogP contribution in [-0.4, -0.2) is 32.9 Å². The second kappa shape index (κ2) is 6.76. The molecule has 134 valence electrons. The first-order chi connectivity index (χ1) is 11.0. The summed E-state index contributed by atoms with van der Waals surface area (Å²) in [7, 11) is 0. The van der Waals surface area contributed by atoms with Gasteiger partial charge in [-0.3, -0.25) is 4.18 Å². The average Bonchev–Trinajstić information content (AvgIpc) is 2.77. The highest BCUT2D eigenvalue weighted by Gasteiger charge is 2.39. The number of carbonyl (C=O) groups is 1. The van der Waals surface area contributed by atoms with E-state index in [1.807, 2.05) is 0 Å². The third kappa shape index (κ3) is 4.73. The van der Waals surface area contributed by atoms with Crippen molar-refractivity contribution in [2.24, 2.45) is 0 Å². The van der Waals surface area contributed by atoms with Crippen molar-refractivity contribution < 1.29 is 26.7 Å². The fraction of sp³-hybridized carbons (Fsp3) is 0.562. The van der Waals surface area contributed by atoms with Crippen molar-refractivity contribution in [3.05, 3.63) is 35.4 Å². The van der Waals surface area contributed by atoms with Gasteiger partial charge in [0, 0.05) is 12.5 Å². The van der Waals surface area contributed by atoms with Crippen LogP contribution in [0.15, 0.2) is 24.3 Å². The number of hydrogen-bond donors (Lipinski definition) is 0. The summed E-state index contributed by atoms with van der Waals surface area (Å²) in [5, 5.41) is 0. The summed E-state index contributed by atoms with van der Waals surface area (Å²) in [5.41, 5.74) is -0.0615. The van der Waals surface area contributed by atoms with Crippen LogP contribution in [0.1, 0.15) is 38.8 Å². The molecule has 1 saturated heterocycles. The fourth-order valence-corrected chi connectivity index (χ4v) is 3.17. The first kappa shape index (κ1) is 18.8. The fourth-order valence-electron chi connectivity index (χ4n) is 2.25. The van der Waals surface area contributed by atoms with E-state index < -0.39 is 34.9 Å². The summed E-state index contributed by atoms with van der Waals surface area (Å²) in [4.78, 5) is 12.2. The molecule has 1 fully saturated rings. The van der Waals surface area contributed by atoms with E-state index in [1.54, 1.807) is 32.9 Å². The lowest BCUT2D eigenvalue weighted by Gasteiger charge is -2.25. The molecule has 2 rings (SSSR count). The van der Waals surface area contributed by atoms with Gasteiger partial charge in [0.25, 0.3) is 17.2 Å². The molecule has 0 saturated carbocycles. The molecule has 0 aromatic heterocycles. The van der Waals surface area contributed by atoms with E-state index in [1.165, 1.54) is 12.1 Å². The molecular weight excluding hydrogens is 340 g/mol. The van der Waals surface area contributed by atoms with E-state index >= 15 is 0 Å². The molecule has 1 heterocycles. The van der Waals surface area contributed by atoms with E-state index in [9.17, 15) is 17.8 Å². The van der Waals surface area contributed by atoms with E-state index in [4.69, 9.17) is 8.92 Å². The van der Waals surface area contributed by atoms with E-state index in [-0.39, 0.29) is 12.2 Å². The third-order valence-electron chi connectivity index (χ3n) is 3.36. The molecule has 0 radical (unpaired) electrons. The summed E-state index contributed by atoms with van der Waals surface area (Å²) in [5.74, 6) is -2.90. The molecule has 1 aliphatic rings. The minimum absolute atomic E-state index is 0.0819. The number of amides is 1. The molecule has 0 N–H and O–H groups in total. The van der Waals surface area contributed by atoms with Crippen molar-refractivity contribution in [1.82, 2.24) is 4.31 Å². The van der Waals surface area contributed by atoms with Crippen LogP contribution in [0.3, 0.4) is 0 Å². The number of carbonyl (C=O) groups excluding carboxylic acids is 1. The Morgan fingerprint density at radius 2 is 1.88 bits per heavy atom. The van der Waals surface area contributed by atoms with Gasteiger partial charge in [-0.05, 0) is 32.8 Å². The maximum absolute atomic E-state index is 13.2. The summed E-state index contributed by atoms with van der Waals surface area (Å²) < 4.78 is 49.7. The smallest absolute Gasteiger partial charge is 0.424 e. The van der Waals surface area contributed by atoms with Gasteiger partial charge in [-0.2, -0.15) is 4.31 Å². The molecule has 0 bridgehead atoms. The van der Waals surface area contributed by atoms with Crippen LogP contribution in [0.2, 0.25) is 0 Å². The first-order valence-electron chi connectivity index (χ1n) is 7.52. The van der Waals surface area contributed by atoms with E-state index in [0.717, 1.165) is 16.8 Å². The second-order valence-electron chi connectivity index (χ2n) is 6.75. The van der Waals surface area contributed by atoms with Gasteiger partial charge < -0.3 is 4.74 Å². The molecule has 8 heteroatoms. The molecular formula is C16H21F2NO4S. The molecule has 1 aliphatic heterocycles. The van der Waals surface area contributed by atoms with E-state index in [2.05, 4.69) is 0 Å². The lowest BCUT2D eigenvalue weighted by atomic mass is 10.0. The highest BCUT2D eigenvalue weighted by atomic mass is 32.2. The number of halogens is 2. The van der Waals surface area contributed by atoms with Gasteiger partial charge in [0.15, 0.2) is 0 Å². The van der Waals surface area contributed by atoms with Crippen LogP contribution in [0.4, 0.5) is 13.6 Å². The Bertz CT molecular complexity index is 622. The molecule has 1 aromatic carbocycles. The normalized spacial score (nSPS) is 21.8. The number of rotatable bonds is 3. The van der Waals surface area contributed by atoms with Gasteiger partial charge in [-0.1, -0.05) is 24.3 Å². The van der Waals surface area contributed by atoms with Crippen LogP contribution in [0, 0.1) is 0 Å². The highest BCUT2D eigenvalue weighted by molar-refractivity contribution is 7.78. The number of benzene rings is 1. The van der Waals surface area contributed by atoms with Crippen LogP contribution in [-0.2, 0) is 32.5 Å². The van der Waals surface area contributed by atoms with Crippen molar-refractivity contribution >= 4 is 17.4 Å². The molecule has 5 nitrogen and oxygen atoms in total. The van der Waals surface area contributed by atoms with Crippen molar-refractivity contribution in [3.63, 3.8) is 0 Å². The van der Waals surface area contributed by atoms with Crippen molar-refractivity contribution in [2.75, 3.05) is 6.61 Å². The van der Waals surface area contributed by atoms with Crippen LogP contribution in [0.5, 0.6) is 0 Å². The Balaban J connectivity index is 2.10. The lowest BCUT2D eigenvalue weighted by Crippen LogP contribution is -2.41. The quantitative estimate of drug-likeness (QED) is 0.826. The number of nitrogens with zero attached hydrogens (tertiary/aromatic N) is 1. The molecule has 0 spiro atoms. The lowest BCUT2D eigenvalue weighted by molar-refractivity contribution is 0.0174. The summed E-state index contributed by atoms with van der Waals surface area (Å²) >= 11 is -1.91. The number of ether oxygens (including phenoxy) is 1. The predicted molar refractivity (Wildman–Crippen MR) is 85.7 cm³/mol. The van der Waals surface area contributed by atoms with Crippen molar-refractivity contribution in [3.8, 4) is 0 Å². The summed E-state index contributed by atoms with van der Waals surface area (Å²) in [6.45, 7) is 6.06. The summed E-state index contributed by atoms with van der Waals surface area (Å²) in [6.07, 6.45) is -0.388. The molecule has 0 aliphatic carbocycles. The third-order valence-corrected chi connectivity index (χ3v) is 4.47. The Labute approximate surface area is 142 Å². The number of hydrogen-bond acceptors (Lipinski definition) is 4. The molecule has 0 unspecified atom stereocenters. The Hall–Kier alpha value is -1.54. The first-order valence-corrected chi connectivity index (χ1v) is 8.55. The topological polar surface area (TPSA) is 55.8 Å². The Morgan fingerprint density at radius 3 is 2.38 bits per heavy atom. The van der Waals surface area contributed by atoms with E-state index in [0.29, 0.717) is 6.42 Å². The molecule has 1 amide bonds. The predicted octanol–water partition coefficient (Wildman–Crippen LogP) is 3.56. The van der Waals surface area contributed by atoms with Gasteiger partial charge in [-0.25, -0.2) is 17.8 Å². The Morgan fingerprint density at radius 1 is 1.29 bits per heavy atom. The zero-order valence-corrected chi connectivity index (χ0v) is 14.9. The van der Waals surface area contributed by atoms with Crippen molar-refractivity contribution in [1.29, 1.82) is 0 Å². The van der Waals surface area contributed by atoms with Gasteiger partial charge in [0.2, 0.25) is 0 Å². The van der Waals surface area contributed by atoms with Gasteiger partial charge in [-0.15, -0.1) is 0 Å². The molecule has 1 aromatic rings. The minimum atomic E-state index is -2.90. The molecule has 2 atom stereocenters. The minimum Gasteiger partial charge on any atom is -0.443 e. The second-order valence-corrected chi connectivity index (χ2v) is 7.81. The number of alkyl halides is 2. The van der Waals surface area contributed by atoms with Gasteiger partial charge in [0.1, 0.15) is 5.60 Å². The maximum Gasteiger partial charge on any atom is 0.424 e. The zero-order valence-electron chi connectivity index (χ0n) is 14.0. The monoisotopic (exact) mass is 361 g/mol. The Kier molecular flexibility index (Phi) is 5.29. The van der Waals surface area contributed by atoms with Gasteiger partial charge in [0.05, 0.1) is 12.6 Å². The van der Waals surface area contributed by atoms with Gasteiger partial charge >= 0.3 is 6.09 Å². The van der Waals surface area contributed by atoms with Crippen LogP contribution in [0.25, 0.3) is 0 Å². The zero-order chi connectivity index (χ0) is 18.1. The van der Waals surface area contributed by atoms with Crippen LogP contribution < -0.4 is 0 Å². The average molecular weight is 361 g/mol. The van der Waals surface area contributed by atoms with Crippen LogP contribution >= 0.6 is 0 Å². The SMILES string of the molecule is CC(C)(C)OC(=O)N1[C@@H](Cc2ccc(C(C)(F)F)cc2)CO[S@@]1=O. The largest absolute Gasteiger partial charge is 0.443 e. The van der Waals surface area contributed by atoms with Crippen molar-refractivity contribution in [2.45, 2.75) is 51.7 Å². The summed E-state index contributed by atoms with van der Waals surface area (Å²) in [6, 6.07) is 5.36. The standard InChI is InChI=1S/C16H21F2NO4S/c1-15(2,3)23-14(20)19-13(10-22-24(19)21)9-11-5-7-12(8-6-11)16(4,17)18/h5-8,13H,9-10H2,1-4H3/t13-,24-/m0/s1. The maximum atomic E-state index is 13.2.